The van der Waals surface area contributed by atoms with Crippen LogP contribution in [0.2, 0.25) is 0 Å². The summed E-state index contributed by atoms with van der Waals surface area (Å²) in [7, 11) is -3.00. The number of rotatable bonds is 2. The highest BCUT2D eigenvalue weighted by molar-refractivity contribution is 7.96. The zero-order valence-electron chi connectivity index (χ0n) is 7.79. The van der Waals surface area contributed by atoms with Gasteiger partial charge < -0.3 is 0 Å². The van der Waals surface area contributed by atoms with Gasteiger partial charge in [0.2, 0.25) is 0 Å². The van der Waals surface area contributed by atoms with Gasteiger partial charge in [-0.2, -0.15) is 0 Å². The molecule has 0 aromatic rings. The van der Waals surface area contributed by atoms with Crippen molar-refractivity contribution in [3.05, 3.63) is 12.0 Å². The van der Waals surface area contributed by atoms with Gasteiger partial charge in [0.15, 0.2) is 9.84 Å². The predicted octanol–water partition coefficient (Wildman–Crippen LogP) is 1.73. The second-order valence-corrected chi connectivity index (χ2v) is 6.92. The van der Waals surface area contributed by atoms with Crippen molar-refractivity contribution >= 4 is 9.84 Å². The predicted molar refractivity (Wildman–Crippen MR) is 50.8 cm³/mol. The van der Waals surface area contributed by atoms with Gasteiger partial charge in [-0.3, -0.25) is 0 Å². The van der Waals surface area contributed by atoms with E-state index in [1.807, 2.05) is 0 Å². The quantitative estimate of drug-likeness (QED) is 0.677. The molecular formula is C10H14O2S. The molecule has 0 spiro atoms. The molecule has 0 saturated heterocycles. The molecule has 0 heterocycles. The number of fused-ring (bicyclic) bond motifs is 2. The number of sulfone groups is 1. The zero-order valence-corrected chi connectivity index (χ0v) is 8.60. The molecule has 0 aromatic carbocycles. The fourth-order valence-electron chi connectivity index (χ4n) is 4.24. The molecule has 13 heavy (non-hydrogen) atoms. The van der Waals surface area contributed by atoms with Gasteiger partial charge in [-0.15, -0.1) is 0 Å². The van der Waals surface area contributed by atoms with Gasteiger partial charge in [0, 0.05) is 5.41 Å². The van der Waals surface area contributed by atoms with Crippen molar-refractivity contribution in [3.63, 3.8) is 0 Å². The maximum atomic E-state index is 11.8. The molecule has 0 N–H and O–H groups in total. The Hall–Kier alpha value is -0.310. The molecule has 0 bridgehead atoms. The smallest absolute Gasteiger partial charge is 0.177 e. The average Bonchev–Trinajstić information content (AvgIpc) is 2.91. The molecule has 3 aliphatic carbocycles. The summed E-state index contributed by atoms with van der Waals surface area (Å²) in [4.78, 5) is 0. The molecule has 3 rings (SSSR count). The summed E-state index contributed by atoms with van der Waals surface area (Å²) in [6, 6.07) is 0. The van der Waals surface area contributed by atoms with E-state index in [0.717, 1.165) is 12.8 Å². The lowest BCUT2D eigenvalue weighted by atomic mass is 9.83. The van der Waals surface area contributed by atoms with Crippen LogP contribution in [-0.2, 0) is 9.84 Å². The van der Waals surface area contributed by atoms with Gasteiger partial charge in [-0.05, 0) is 30.1 Å². The minimum absolute atomic E-state index is 0.151. The standard InChI is InChI=1S/C10H14O2S/c1-3-13(11,12)10-7-5-4-6-8(10)9(7,10)2/h3,7-8H,1,4-6H2,2H3. The monoisotopic (exact) mass is 198 g/mol. The summed E-state index contributed by atoms with van der Waals surface area (Å²) in [6.45, 7) is 5.58. The number of hydrogen-bond donors (Lipinski definition) is 0. The summed E-state index contributed by atoms with van der Waals surface area (Å²) in [5, 5.41) is 1.18. The normalized spacial score (nSPS) is 56.7. The molecule has 3 saturated carbocycles. The van der Waals surface area contributed by atoms with Crippen LogP contribution < -0.4 is 0 Å². The Labute approximate surface area is 78.9 Å². The van der Waals surface area contributed by atoms with Crippen molar-refractivity contribution in [2.45, 2.75) is 30.9 Å². The Morgan fingerprint density at radius 1 is 1.38 bits per heavy atom. The third-order valence-electron chi connectivity index (χ3n) is 4.83. The van der Waals surface area contributed by atoms with Crippen LogP contribution in [0.4, 0.5) is 0 Å². The molecular weight excluding hydrogens is 184 g/mol. The summed E-state index contributed by atoms with van der Waals surface area (Å²) >= 11 is 0. The molecule has 3 fully saturated rings. The van der Waals surface area contributed by atoms with E-state index in [-0.39, 0.29) is 10.2 Å². The van der Waals surface area contributed by atoms with E-state index >= 15 is 0 Å². The van der Waals surface area contributed by atoms with Crippen molar-refractivity contribution in [1.82, 2.24) is 0 Å². The van der Waals surface area contributed by atoms with Crippen LogP contribution in [0.25, 0.3) is 0 Å². The minimum Gasteiger partial charge on any atom is -0.224 e. The summed E-state index contributed by atoms with van der Waals surface area (Å²) in [5.41, 5.74) is 0.151. The van der Waals surface area contributed by atoms with Gasteiger partial charge in [0.1, 0.15) is 0 Å². The fourth-order valence-corrected chi connectivity index (χ4v) is 6.82. The largest absolute Gasteiger partial charge is 0.224 e. The minimum atomic E-state index is -3.00. The highest BCUT2D eigenvalue weighted by atomic mass is 32.2. The maximum Gasteiger partial charge on any atom is 0.177 e. The second kappa shape index (κ2) is 1.74. The van der Waals surface area contributed by atoms with Crippen LogP contribution >= 0.6 is 0 Å². The van der Waals surface area contributed by atoms with Crippen LogP contribution in [-0.4, -0.2) is 13.2 Å². The first-order valence-electron chi connectivity index (χ1n) is 4.90. The topological polar surface area (TPSA) is 34.1 Å². The lowest BCUT2D eigenvalue weighted by molar-refractivity contribution is 0.288. The Morgan fingerprint density at radius 2 is 1.92 bits per heavy atom. The van der Waals surface area contributed by atoms with Crippen LogP contribution in [0, 0.1) is 17.3 Å². The van der Waals surface area contributed by atoms with E-state index in [0.29, 0.717) is 11.8 Å². The summed E-state index contributed by atoms with van der Waals surface area (Å²) in [5.74, 6) is 0.920. The van der Waals surface area contributed by atoms with Crippen molar-refractivity contribution in [1.29, 1.82) is 0 Å². The number of hydrogen-bond acceptors (Lipinski definition) is 2. The molecule has 72 valence electrons. The molecule has 2 unspecified atom stereocenters. The SMILES string of the molecule is C=CS(=O)(=O)C12C3CCCC1C32C. The summed E-state index contributed by atoms with van der Waals surface area (Å²) in [6.07, 6.45) is 3.44. The molecule has 0 amide bonds. The van der Waals surface area contributed by atoms with Crippen molar-refractivity contribution < 1.29 is 8.42 Å². The average molecular weight is 198 g/mol. The fraction of sp³-hybridized carbons (Fsp3) is 0.800. The lowest BCUT2D eigenvalue weighted by Crippen LogP contribution is -2.27. The first kappa shape index (κ1) is 8.04. The van der Waals surface area contributed by atoms with E-state index < -0.39 is 9.84 Å². The van der Waals surface area contributed by atoms with E-state index in [1.165, 1.54) is 11.8 Å². The lowest BCUT2D eigenvalue weighted by Gasteiger charge is -2.25. The Bertz CT molecular complexity index is 381. The maximum absolute atomic E-state index is 11.8. The van der Waals surface area contributed by atoms with Crippen LogP contribution in [0.3, 0.4) is 0 Å². The third-order valence-corrected chi connectivity index (χ3v) is 7.22. The molecule has 3 heteroatoms. The molecule has 2 atom stereocenters. The van der Waals surface area contributed by atoms with Crippen LogP contribution in [0.5, 0.6) is 0 Å². The van der Waals surface area contributed by atoms with Gasteiger partial charge in [-0.25, -0.2) is 8.42 Å². The van der Waals surface area contributed by atoms with Crippen LogP contribution in [0.15, 0.2) is 12.0 Å². The van der Waals surface area contributed by atoms with Gasteiger partial charge in [0.05, 0.1) is 4.75 Å². The zero-order chi connectivity index (χ0) is 9.48. The Balaban J connectivity index is 2.09. The van der Waals surface area contributed by atoms with Crippen molar-refractivity contribution in [2.24, 2.45) is 17.3 Å². The highest BCUT2D eigenvalue weighted by Crippen LogP contribution is 2.94. The highest BCUT2D eigenvalue weighted by Gasteiger charge is 3.00. The van der Waals surface area contributed by atoms with Gasteiger partial charge in [0.25, 0.3) is 0 Å². The molecule has 0 aromatic heterocycles. The van der Waals surface area contributed by atoms with Crippen molar-refractivity contribution in [2.75, 3.05) is 0 Å². The second-order valence-electron chi connectivity index (χ2n) is 4.82. The van der Waals surface area contributed by atoms with Crippen molar-refractivity contribution in [3.8, 4) is 0 Å². The molecule has 0 radical (unpaired) electrons. The van der Waals surface area contributed by atoms with E-state index in [2.05, 4.69) is 13.5 Å². The van der Waals surface area contributed by atoms with E-state index in [4.69, 9.17) is 0 Å². The molecule has 3 aliphatic rings. The summed E-state index contributed by atoms with van der Waals surface area (Å²) < 4.78 is 23.3. The molecule has 0 aliphatic heterocycles. The van der Waals surface area contributed by atoms with E-state index in [1.54, 1.807) is 0 Å². The first-order valence-corrected chi connectivity index (χ1v) is 6.45. The Morgan fingerprint density at radius 3 is 2.31 bits per heavy atom. The van der Waals surface area contributed by atoms with Gasteiger partial charge >= 0.3 is 0 Å². The molecule has 2 nitrogen and oxygen atoms in total. The van der Waals surface area contributed by atoms with E-state index in [9.17, 15) is 8.42 Å². The van der Waals surface area contributed by atoms with Crippen LogP contribution in [0.1, 0.15) is 26.2 Å². The first-order chi connectivity index (χ1) is 6.03. The third kappa shape index (κ3) is 0.504. The Kier molecular flexibility index (Phi) is 1.08. The van der Waals surface area contributed by atoms with Gasteiger partial charge in [-0.1, -0.05) is 19.9 Å².